The largest absolute Gasteiger partial charge is 0.493 e. The SMILES string of the molecule is CCC(COC(=O)c1cc(OC)c(OC)c(OC)c1)(c1ccccc1)N(C)C(=O)OC(C)OC(=O)C(C)C. The normalized spacial score (nSPS) is 13.1. The van der Waals surface area contributed by atoms with E-state index in [1.807, 2.05) is 37.3 Å². The predicted octanol–water partition coefficient (Wildman–Crippen LogP) is 4.79. The van der Waals surface area contributed by atoms with Gasteiger partial charge in [0.25, 0.3) is 0 Å². The molecule has 2 unspecified atom stereocenters. The van der Waals surface area contributed by atoms with Crippen LogP contribution in [0.25, 0.3) is 0 Å². The summed E-state index contributed by atoms with van der Waals surface area (Å²) >= 11 is 0. The Balaban J connectivity index is 2.35. The Morgan fingerprint density at radius 2 is 1.47 bits per heavy atom. The molecule has 0 saturated carbocycles. The van der Waals surface area contributed by atoms with Crippen LogP contribution in [0.5, 0.6) is 17.2 Å². The summed E-state index contributed by atoms with van der Waals surface area (Å²) in [6.45, 7) is 6.51. The number of nitrogens with zero attached hydrogens (tertiary/aromatic N) is 1. The first-order valence-corrected chi connectivity index (χ1v) is 12.2. The molecule has 10 nitrogen and oxygen atoms in total. The summed E-state index contributed by atoms with van der Waals surface area (Å²) in [5.41, 5.74) is -0.181. The highest BCUT2D eigenvalue weighted by molar-refractivity contribution is 5.91. The van der Waals surface area contributed by atoms with Crippen LogP contribution in [-0.2, 0) is 24.5 Å². The summed E-state index contributed by atoms with van der Waals surface area (Å²) in [5.74, 6) is -0.574. The highest BCUT2D eigenvalue weighted by atomic mass is 16.7. The number of carbonyl (C=O) groups excluding carboxylic acids is 3. The second-order valence-electron chi connectivity index (χ2n) is 8.84. The van der Waals surface area contributed by atoms with E-state index in [2.05, 4.69) is 0 Å². The molecule has 1 amide bonds. The molecule has 0 N–H and O–H groups in total. The monoisotopic (exact) mass is 531 g/mol. The maximum atomic E-state index is 13.2. The Kier molecular flexibility index (Phi) is 10.8. The van der Waals surface area contributed by atoms with Crippen molar-refractivity contribution in [2.75, 3.05) is 35.0 Å². The maximum Gasteiger partial charge on any atom is 0.413 e. The number of rotatable bonds is 12. The van der Waals surface area contributed by atoms with Crippen molar-refractivity contribution in [2.45, 2.75) is 45.9 Å². The van der Waals surface area contributed by atoms with Gasteiger partial charge in [-0.25, -0.2) is 9.59 Å². The number of hydrogen-bond acceptors (Lipinski definition) is 9. The van der Waals surface area contributed by atoms with E-state index in [1.165, 1.54) is 45.3 Å². The van der Waals surface area contributed by atoms with Gasteiger partial charge in [-0.05, 0) is 24.1 Å². The fraction of sp³-hybridized carbons (Fsp3) is 0.464. The van der Waals surface area contributed by atoms with Crippen molar-refractivity contribution in [3.05, 3.63) is 53.6 Å². The lowest BCUT2D eigenvalue weighted by molar-refractivity contribution is -0.170. The Morgan fingerprint density at radius 3 is 1.95 bits per heavy atom. The van der Waals surface area contributed by atoms with Gasteiger partial charge in [0.2, 0.25) is 12.0 Å². The van der Waals surface area contributed by atoms with Gasteiger partial charge in [-0.1, -0.05) is 51.1 Å². The van der Waals surface area contributed by atoms with Gasteiger partial charge in [0.05, 0.1) is 32.8 Å². The molecular formula is C28H37NO9. The minimum atomic E-state index is -1.10. The summed E-state index contributed by atoms with van der Waals surface area (Å²) in [6.07, 6.45) is -1.47. The van der Waals surface area contributed by atoms with Crippen LogP contribution < -0.4 is 14.2 Å². The van der Waals surface area contributed by atoms with E-state index in [9.17, 15) is 14.4 Å². The zero-order chi connectivity index (χ0) is 28.5. The number of benzene rings is 2. The fourth-order valence-corrected chi connectivity index (χ4v) is 3.85. The zero-order valence-electron chi connectivity index (χ0n) is 23.2. The fourth-order valence-electron chi connectivity index (χ4n) is 3.85. The van der Waals surface area contributed by atoms with E-state index in [4.69, 9.17) is 28.4 Å². The topological polar surface area (TPSA) is 110 Å². The molecule has 0 bridgehead atoms. The molecule has 0 radical (unpaired) electrons. The van der Waals surface area contributed by atoms with Crippen LogP contribution in [0.2, 0.25) is 0 Å². The third-order valence-electron chi connectivity index (χ3n) is 6.17. The minimum absolute atomic E-state index is 0.178. The van der Waals surface area contributed by atoms with Gasteiger partial charge in [0.15, 0.2) is 11.5 Å². The van der Waals surface area contributed by atoms with Gasteiger partial charge in [0.1, 0.15) is 12.1 Å². The number of likely N-dealkylation sites (N-methyl/N-ethyl adjacent to an activating group) is 1. The number of ether oxygens (including phenoxy) is 6. The first-order chi connectivity index (χ1) is 18.0. The number of amides is 1. The Bertz CT molecular complexity index is 1080. The predicted molar refractivity (Wildman–Crippen MR) is 139 cm³/mol. The van der Waals surface area contributed by atoms with E-state index in [1.54, 1.807) is 20.9 Å². The second kappa shape index (κ2) is 13.6. The van der Waals surface area contributed by atoms with Gasteiger partial charge >= 0.3 is 18.0 Å². The average Bonchev–Trinajstić information content (AvgIpc) is 2.92. The smallest absolute Gasteiger partial charge is 0.413 e. The van der Waals surface area contributed by atoms with E-state index in [0.717, 1.165) is 5.56 Å². The van der Waals surface area contributed by atoms with Crippen LogP contribution in [0.3, 0.4) is 0 Å². The van der Waals surface area contributed by atoms with Crippen LogP contribution in [0.1, 0.15) is 50.0 Å². The minimum Gasteiger partial charge on any atom is -0.493 e. The van der Waals surface area contributed by atoms with Gasteiger partial charge < -0.3 is 28.4 Å². The maximum absolute atomic E-state index is 13.2. The summed E-state index contributed by atoms with van der Waals surface area (Å²) in [4.78, 5) is 39.6. The summed E-state index contributed by atoms with van der Waals surface area (Å²) in [7, 11) is 5.91. The Hall–Kier alpha value is -3.95. The van der Waals surface area contributed by atoms with Crippen molar-refractivity contribution in [2.24, 2.45) is 5.92 Å². The summed E-state index contributed by atoms with van der Waals surface area (Å²) in [5, 5.41) is 0. The second-order valence-corrected chi connectivity index (χ2v) is 8.84. The average molecular weight is 532 g/mol. The molecule has 0 spiro atoms. The lowest BCUT2D eigenvalue weighted by atomic mass is 9.86. The highest BCUT2D eigenvalue weighted by Gasteiger charge is 2.41. The lowest BCUT2D eigenvalue weighted by Gasteiger charge is -2.40. The van der Waals surface area contributed by atoms with E-state index in [-0.39, 0.29) is 18.1 Å². The first kappa shape index (κ1) is 30.3. The van der Waals surface area contributed by atoms with E-state index < -0.39 is 29.9 Å². The van der Waals surface area contributed by atoms with Crippen molar-refractivity contribution < 1.29 is 42.8 Å². The van der Waals surface area contributed by atoms with Crippen molar-refractivity contribution in [3.8, 4) is 17.2 Å². The quantitative estimate of drug-likeness (QED) is 0.282. The number of carbonyl (C=O) groups is 3. The van der Waals surface area contributed by atoms with Gasteiger partial charge in [-0.15, -0.1) is 0 Å². The molecule has 2 aromatic carbocycles. The number of esters is 2. The Morgan fingerprint density at radius 1 is 0.895 bits per heavy atom. The van der Waals surface area contributed by atoms with Crippen molar-refractivity contribution in [1.29, 1.82) is 0 Å². The molecule has 0 fully saturated rings. The molecule has 2 rings (SSSR count). The van der Waals surface area contributed by atoms with Crippen LogP contribution in [0.15, 0.2) is 42.5 Å². The molecule has 10 heteroatoms. The molecule has 0 aliphatic carbocycles. The first-order valence-electron chi connectivity index (χ1n) is 12.2. The van der Waals surface area contributed by atoms with Crippen molar-refractivity contribution in [1.82, 2.24) is 4.90 Å². The van der Waals surface area contributed by atoms with Gasteiger partial charge in [-0.3, -0.25) is 9.69 Å². The van der Waals surface area contributed by atoms with E-state index >= 15 is 0 Å². The molecule has 0 saturated heterocycles. The third kappa shape index (κ3) is 6.87. The molecule has 208 valence electrons. The summed E-state index contributed by atoms with van der Waals surface area (Å²) < 4.78 is 32.3. The molecule has 2 aromatic rings. The standard InChI is InChI=1S/C28H37NO9/c1-9-28(21-13-11-10-12-14-21,29(5)27(32)38-19(4)37-25(30)18(2)3)17-36-26(31)20-15-22(33-6)24(35-8)23(16-20)34-7/h10-16,18-19H,9,17H2,1-8H3. The molecular weight excluding hydrogens is 494 g/mol. The molecule has 0 aliphatic rings. The van der Waals surface area contributed by atoms with E-state index in [0.29, 0.717) is 23.7 Å². The zero-order valence-corrected chi connectivity index (χ0v) is 23.2. The van der Waals surface area contributed by atoms with Crippen LogP contribution in [0, 0.1) is 5.92 Å². The van der Waals surface area contributed by atoms with Gasteiger partial charge in [-0.2, -0.15) is 0 Å². The third-order valence-corrected chi connectivity index (χ3v) is 6.17. The molecule has 0 aliphatic heterocycles. The molecule has 2 atom stereocenters. The molecule has 0 aromatic heterocycles. The molecule has 0 heterocycles. The number of methoxy groups -OCH3 is 3. The lowest BCUT2D eigenvalue weighted by Crippen LogP contribution is -2.51. The Labute approximate surface area is 223 Å². The number of hydrogen-bond donors (Lipinski definition) is 0. The van der Waals surface area contributed by atoms with Crippen LogP contribution in [0.4, 0.5) is 4.79 Å². The van der Waals surface area contributed by atoms with Gasteiger partial charge in [0, 0.05) is 14.0 Å². The van der Waals surface area contributed by atoms with Crippen LogP contribution >= 0.6 is 0 Å². The molecule has 38 heavy (non-hydrogen) atoms. The van der Waals surface area contributed by atoms with Crippen molar-refractivity contribution >= 4 is 18.0 Å². The summed E-state index contributed by atoms with van der Waals surface area (Å²) in [6, 6.07) is 12.1. The highest BCUT2D eigenvalue weighted by Crippen LogP contribution is 2.39. The van der Waals surface area contributed by atoms with Crippen molar-refractivity contribution in [3.63, 3.8) is 0 Å². The van der Waals surface area contributed by atoms with Crippen LogP contribution in [-0.4, -0.2) is 64.2 Å².